The molecule has 0 aliphatic heterocycles. The number of aliphatic hydroxyl groups is 1. The molecule has 0 saturated heterocycles. The first-order valence-electron chi connectivity index (χ1n) is 5.78. The van der Waals surface area contributed by atoms with E-state index in [4.69, 9.17) is 9.68 Å². The Kier molecular flexibility index (Phi) is 4.73. The number of aliphatic hydroxyl groups excluding tert-OH is 1. The van der Waals surface area contributed by atoms with Gasteiger partial charge < -0.3 is 14.8 Å². The maximum Gasteiger partial charge on any atom is 0.203 e. The number of hydrogen-bond donors (Lipinski definition) is 2. The van der Waals surface area contributed by atoms with Crippen molar-refractivity contribution in [3.8, 4) is 6.07 Å². The van der Waals surface area contributed by atoms with Crippen molar-refractivity contribution in [3.63, 3.8) is 0 Å². The Labute approximate surface area is 102 Å². The smallest absolute Gasteiger partial charge is 0.203 e. The molecule has 2 N–H and O–H groups in total. The first kappa shape index (κ1) is 13.8. The van der Waals surface area contributed by atoms with Gasteiger partial charge in [0, 0.05) is 6.54 Å². The fourth-order valence-corrected chi connectivity index (χ4v) is 1.67. The molecule has 0 fully saturated rings. The van der Waals surface area contributed by atoms with E-state index in [0.29, 0.717) is 24.6 Å². The molecule has 1 unspecified atom stereocenters. The van der Waals surface area contributed by atoms with Gasteiger partial charge in [0.15, 0.2) is 0 Å². The van der Waals surface area contributed by atoms with Crippen LogP contribution in [0.4, 0.5) is 0 Å². The molecule has 17 heavy (non-hydrogen) atoms. The Morgan fingerprint density at radius 3 is 2.71 bits per heavy atom. The molecule has 0 bridgehead atoms. The van der Waals surface area contributed by atoms with E-state index in [1.807, 2.05) is 6.07 Å². The maximum absolute atomic E-state index is 9.77. The summed E-state index contributed by atoms with van der Waals surface area (Å²) in [6.07, 6.45) is 0.391. The number of nitriles is 1. The quantitative estimate of drug-likeness (QED) is 0.820. The zero-order valence-corrected chi connectivity index (χ0v) is 10.7. The molecule has 1 rings (SSSR count). The summed E-state index contributed by atoms with van der Waals surface area (Å²) in [5.74, 6) is 1.03. The van der Waals surface area contributed by atoms with E-state index in [1.165, 1.54) is 0 Å². The molecule has 0 aromatic carbocycles. The van der Waals surface area contributed by atoms with E-state index in [1.54, 1.807) is 12.1 Å². The monoisotopic (exact) mass is 236 g/mol. The molecule has 1 atom stereocenters. The zero-order chi connectivity index (χ0) is 12.9. The molecule has 1 aromatic heterocycles. The van der Waals surface area contributed by atoms with Crippen molar-refractivity contribution in [1.29, 1.82) is 5.26 Å². The van der Waals surface area contributed by atoms with E-state index in [9.17, 15) is 5.11 Å². The molecular weight excluding hydrogens is 216 g/mol. The summed E-state index contributed by atoms with van der Waals surface area (Å²) in [6, 6.07) is 5.34. The minimum Gasteiger partial charge on any atom is -0.449 e. The van der Waals surface area contributed by atoms with Crippen molar-refractivity contribution in [2.75, 3.05) is 6.54 Å². The van der Waals surface area contributed by atoms with Crippen LogP contribution in [-0.2, 0) is 6.54 Å². The summed E-state index contributed by atoms with van der Waals surface area (Å²) in [6.45, 7) is 7.36. The van der Waals surface area contributed by atoms with Crippen LogP contribution in [0, 0.1) is 16.7 Å². The third-order valence-corrected chi connectivity index (χ3v) is 2.30. The van der Waals surface area contributed by atoms with Crippen molar-refractivity contribution in [1.82, 2.24) is 5.32 Å². The van der Waals surface area contributed by atoms with Gasteiger partial charge in [0.05, 0.1) is 12.6 Å². The van der Waals surface area contributed by atoms with E-state index in [0.717, 1.165) is 6.42 Å². The van der Waals surface area contributed by atoms with Crippen LogP contribution < -0.4 is 5.32 Å². The Morgan fingerprint density at radius 2 is 2.18 bits per heavy atom. The zero-order valence-electron chi connectivity index (χ0n) is 10.7. The second-order valence-corrected chi connectivity index (χ2v) is 5.43. The molecule has 1 aromatic rings. The van der Waals surface area contributed by atoms with Crippen LogP contribution in [0.3, 0.4) is 0 Å². The van der Waals surface area contributed by atoms with Gasteiger partial charge in [0.25, 0.3) is 0 Å². The Bertz CT molecular complexity index is 385. The third kappa shape index (κ3) is 5.53. The lowest BCUT2D eigenvalue weighted by molar-refractivity contribution is 0.119. The van der Waals surface area contributed by atoms with Crippen LogP contribution in [-0.4, -0.2) is 17.8 Å². The van der Waals surface area contributed by atoms with Gasteiger partial charge >= 0.3 is 0 Å². The molecule has 0 aliphatic rings. The molecule has 0 spiro atoms. The summed E-state index contributed by atoms with van der Waals surface area (Å²) in [4.78, 5) is 0. The van der Waals surface area contributed by atoms with E-state index < -0.39 is 0 Å². The lowest BCUT2D eigenvalue weighted by Crippen LogP contribution is -2.29. The standard InChI is InChI=1S/C13H20N2O2/c1-13(2,3)6-10(16)8-15-9-12-5-4-11(7-14)17-12/h4-5,10,15-16H,6,8-9H2,1-3H3. The molecule has 4 heteroatoms. The summed E-state index contributed by atoms with van der Waals surface area (Å²) in [5.41, 5.74) is 0.125. The molecule has 0 amide bonds. The lowest BCUT2D eigenvalue weighted by Gasteiger charge is -2.22. The van der Waals surface area contributed by atoms with Gasteiger partial charge in [0.2, 0.25) is 5.76 Å². The van der Waals surface area contributed by atoms with Gasteiger partial charge in [-0.05, 0) is 24.0 Å². The van der Waals surface area contributed by atoms with Crippen molar-refractivity contribution >= 4 is 0 Å². The molecule has 1 heterocycles. The fraction of sp³-hybridized carbons (Fsp3) is 0.615. The summed E-state index contributed by atoms with van der Waals surface area (Å²) < 4.78 is 5.21. The highest BCUT2D eigenvalue weighted by molar-refractivity contribution is 5.18. The Morgan fingerprint density at radius 1 is 1.47 bits per heavy atom. The molecule has 4 nitrogen and oxygen atoms in total. The van der Waals surface area contributed by atoms with Crippen LogP contribution in [0.5, 0.6) is 0 Å². The number of furan rings is 1. The summed E-state index contributed by atoms with van der Waals surface area (Å²) in [5, 5.41) is 21.5. The second-order valence-electron chi connectivity index (χ2n) is 5.43. The van der Waals surface area contributed by atoms with Crippen molar-refractivity contribution in [3.05, 3.63) is 23.7 Å². The van der Waals surface area contributed by atoms with Gasteiger partial charge in [-0.2, -0.15) is 5.26 Å². The molecular formula is C13H20N2O2. The normalized spacial score (nSPS) is 13.4. The summed E-state index contributed by atoms with van der Waals surface area (Å²) in [7, 11) is 0. The van der Waals surface area contributed by atoms with Crippen molar-refractivity contribution < 1.29 is 9.52 Å². The highest BCUT2D eigenvalue weighted by Gasteiger charge is 2.16. The average Bonchev–Trinajstić information content (AvgIpc) is 2.63. The van der Waals surface area contributed by atoms with Crippen LogP contribution in [0.2, 0.25) is 0 Å². The number of nitrogens with zero attached hydrogens (tertiary/aromatic N) is 1. The molecule has 94 valence electrons. The van der Waals surface area contributed by atoms with Crippen molar-refractivity contribution in [2.24, 2.45) is 5.41 Å². The highest BCUT2D eigenvalue weighted by Crippen LogP contribution is 2.20. The van der Waals surface area contributed by atoms with Gasteiger partial charge in [-0.25, -0.2) is 0 Å². The SMILES string of the molecule is CC(C)(C)CC(O)CNCc1ccc(C#N)o1. The van der Waals surface area contributed by atoms with Gasteiger partial charge in [-0.3, -0.25) is 0 Å². The van der Waals surface area contributed by atoms with Crippen LogP contribution in [0.15, 0.2) is 16.5 Å². The Balaban J connectivity index is 2.26. The second kappa shape index (κ2) is 5.85. The average molecular weight is 236 g/mol. The van der Waals surface area contributed by atoms with E-state index in [-0.39, 0.29) is 11.5 Å². The van der Waals surface area contributed by atoms with E-state index >= 15 is 0 Å². The maximum atomic E-state index is 9.77. The van der Waals surface area contributed by atoms with Gasteiger partial charge in [-0.1, -0.05) is 20.8 Å². The molecule has 0 aliphatic carbocycles. The predicted molar refractivity (Wildman–Crippen MR) is 65.2 cm³/mol. The van der Waals surface area contributed by atoms with Gasteiger partial charge in [-0.15, -0.1) is 0 Å². The lowest BCUT2D eigenvalue weighted by atomic mass is 9.89. The predicted octanol–water partition coefficient (Wildman–Crippen LogP) is 2.04. The molecule has 0 radical (unpaired) electrons. The number of nitrogens with one attached hydrogen (secondary N) is 1. The first-order valence-corrected chi connectivity index (χ1v) is 5.78. The largest absolute Gasteiger partial charge is 0.449 e. The van der Waals surface area contributed by atoms with Gasteiger partial charge in [0.1, 0.15) is 11.8 Å². The number of rotatable bonds is 5. The van der Waals surface area contributed by atoms with Crippen molar-refractivity contribution in [2.45, 2.75) is 39.8 Å². The minimum atomic E-state index is -0.361. The minimum absolute atomic E-state index is 0.125. The topological polar surface area (TPSA) is 69.2 Å². The fourth-order valence-electron chi connectivity index (χ4n) is 1.67. The van der Waals surface area contributed by atoms with Crippen LogP contribution >= 0.6 is 0 Å². The number of hydrogen-bond acceptors (Lipinski definition) is 4. The highest BCUT2D eigenvalue weighted by atomic mass is 16.3. The van der Waals surface area contributed by atoms with Crippen LogP contribution in [0.1, 0.15) is 38.7 Å². The van der Waals surface area contributed by atoms with Crippen LogP contribution in [0.25, 0.3) is 0 Å². The van der Waals surface area contributed by atoms with E-state index in [2.05, 4.69) is 26.1 Å². The first-order chi connectivity index (χ1) is 7.90. The Hall–Kier alpha value is -1.31. The third-order valence-electron chi connectivity index (χ3n) is 2.30. The molecule has 0 saturated carbocycles. The summed E-state index contributed by atoms with van der Waals surface area (Å²) >= 11 is 0.